The van der Waals surface area contributed by atoms with Crippen LogP contribution in [0.15, 0.2) is 0 Å². The summed E-state index contributed by atoms with van der Waals surface area (Å²) in [5.74, 6) is -0.00768. The number of hydrogen-bond acceptors (Lipinski definition) is 5. The van der Waals surface area contributed by atoms with Crippen LogP contribution in [0.1, 0.15) is 39.0 Å². The molecule has 2 heterocycles. The topological polar surface area (TPSA) is 83.6 Å². The Bertz CT molecular complexity index is 525. The van der Waals surface area contributed by atoms with Crippen LogP contribution in [-0.2, 0) is 19.9 Å². The molecule has 2 fully saturated rings. The Hall–Kier alpha value is -0.180. The lowest BCUT2D eigenvalue weighted by molar-refractivity contribution is 0.316. The Morgan fingerprint density at radius 3 is 2.33 bits per heavy atom. The summed E-state index contributed by atoms with van der Waals surface area (Å²) < 4.78 is 49.9. The minimum atomic E-state index is -3.39. The summed E-state index contributed by atoms with van der Waals surface area (Å²) >= 11 is 0. The first-order valence-corrected chi connectivity index (χ1v) is 11.1. The second kappa shape index (κ2) is 6.93. The number of likely N-dealkylation sites (N-methyl/N-ethyl adjacent to an activating group) is 1. The highest BCUT2D eigenvalue weighted by Crippen LogP contribution is 2.23. The summed E-state index contributed by atoms with van der Waals surface area (Å²) in [6, 6.07) is 0.223. The predicted molar refractivity (Wildman–Crippen MR) is 83.5 cm³/mol. The summed E-state index contributed by atoms with van der Waals surface area (Å²) in [6.07, 6.45) is 3.76. The molecule has 0 saturated carbocycles. The average molecular weight is 338 g/mol. The molecule has 6 nitrogen and oxygen atoms in total. The molecular formula is C13H26N2O4S2. The van der Waals surface area contributed by atoms with E-state index in [1.807, 2.05) is 6.92 Å². The van der Waals surface area contributed by atoms with Crippen molar-refractivity contribution in [1.82, 2.24) is 9.62 Å². The SMILES string of the molecule is CCN(CC1CCCCN1)S(=O)(=O)C1CCS(=O)(=O)CC1. The number of nitrogens with zero attached hydrogens (tertiary/aromatic N) is 1. The monoisotopic (exact) mass is 338 g/mol. The molecule has 0 radical (unpaired) electrons. The van der Waals surface area contributed by atoms with Gasteiger partial charge >= 0.3 is 0 Å². The highest BCUT2D eigenvalue weighted by Gasteiger charge is 2.36. The van der Waals surface area contributed by atoms with Gasteiger partial charge in [0.2, 0.25) is 10.0 Å². The molecule has 1 N–H and O–H groups in total. The van der Waals surface area contributed by atoms with Crippen molar-refractivity contribution < 1.29 is 16.8 Å². The summed E-state index contributed by atoms with van der Waals surface area (Å²) in [7, 11) is -6.43. The zero-order valence-electron chi connectivity index (χ0n) is 12.6. The summed E-state index contributed by atoms with van der Waals surface area (Å²) in [5.41, 5.74) is 0. The van der Waals surface area contributed by atoms with Crippen molar-refractivity contribution in [2.75, 3.05) is 31.1 Å². The lowest BCUT2D eigenvalue weighted by Crippen LogP contribution is -2.49. The highest BCUT2D eigenvalue weighted by molar-refractivity contribution is 7.92. The molecular weight excluding hydrogens is 312 g/mol. The number of sulfonamides is 1. The van der Waals surface area contributed by atoms with E-state index in [0.717, 1.165) is 25.8 Å². The molecule has 1 atom stereocenters. The van der Waals surface area contributed by atoms with Crippen LogP contribution in [0.25, 0.3) is 0 Å². The number of piperidine rings is 1. The lowest BCUT2D eigenvalue weighted by atomic mass is 10.1. The minimum absolute atomic E-state index is 0.00384. The number of sulfone groups is 1. The van der Waals surface area contributed by atoms with E-state index in [1.165, 1.54) is 0 Å². The van der Waals surface area contributed by atoms with E-state index in [0.29, 0.717) is 13.1 Å². The molecule has 21 heavy (non-hydrogen) atoms. The molecule has 8 heteroatoms. The molecule has 0 aromatic carbocycles. The van der Waals surface area contributed by atoms with Gasteiger partial charge in [-0.2, -0.15) is 0 Å². The third-order valence-corrected chi connectivity index (χ3v) is 8.63. The Morgan fingerprint density at radius 2 is 1.81 bits per heavy atom. The van der Waals surface area contributed by atoms with Crippen LogP contribution in [0.3, 0.4) is 0 Å². The Balaban J connectivity index is 2.01. The van der Waals surface area contributed by atoms with Gasteiger partial charge in [0.25, 0.3) is 0 Å². The van der Waals surface area contributed by atoms with Crippen LogP contribution in [0, 0.1) is 0 Å². The van der Waals surface area contributed by atoms with Crippen molar-refractivity contribution in [3.05, 3.63) is 0 Å². The molecule has 0 aliphatic carbocycles. The minimum Gasteiger partial charge on any atom is -0.313 e. The summed E-state index contributed by atoms with van der Waals surface area (Å²) in [4.78, 5) is 0. The standard InChI is InChI=1S/C13H26N2O4S2/c1-2-15(11-12-5-3-4-8-14-12)21(18,19)13-6-9-20(16,17)10-7-13/h12-14H,2-11H2,1H3. The molecule has 0 amide bonds. The summed E-state index contributed by atoms with van der Waals surface area (Å²) in [6.45, 7) is 3.75. The van der Waals surface area contributed by atoms with Gasteiger partial charge in [-0.15, -0.1) is 0 Å². The van der Waals surface area contributed by atoms with Crippen LogP contribution in [0.2, 0.25) is 0 Å². The third kappa shape index (κ3) is 4.40. The van der Waals surface area contributed by atoms with Gasteiger partial charge in [-0.25, -0.2) is 21.1 Å². The van der Waals surface area contributed by atoms with E-state index < -0.39 is 25.1 Å². The molecule has 1 unspecified atom stereocenters. The van der Waals surface area contributed by atoms with Gasteiger partial charge in [0, 0.05) is 19.1 Å². The maximum atomic E-state index is 12.7. The maximum Gasteiger partial charge on any atom is 0.217 e. The average Bonchev–Trinajstić information content (AvgIpc) is 2.45. The van der Waals surface area contributed by atoms with Gasteiger partial charge in [-0.05, 0) is 32.2 Å². The second-order valence-corrected chi connectivity index (χ2v) is 10.5. The Morgan fingerprint density at radius 1 is 1.14 bits per heavy atom. The van der Waals surface area contributed by atoms with E-state index in [2.05, 4.69) is 5.32 Å². The molecule has 2 aliphatic rings. The van der Waals surface area contributed by atoms with E-state index in [-0.39, 0.29) is 30.4 Å². The fourth-order valence-electron chi connectivity index (χ4n) is 3.12. The van der Waals surface area contributed by atoms with Crippen LogP contribution in [0.4, 0.5) is 0 Å². The smallest absolute Gasteiger partial charge is 0.217 e. The first-order valence-electron chi connectivity index (χ1n) is 7.78. The van der Waals surface area contributed by atoms with Crippen molar-refractivity contribution in [1.29, 1.82) is 0 Å². The summed E-state index contributed by atoms with van der Waals surface area (Å²) in [5, 5.41) is 2.83. The van der Waals surface area contributed by atoms with Crippen LogP contribution >= 0.6 is 0 Å². The number of hydrogen-bond donors (Lipinski definition) is 1. The van der Waals surface area contributed by atoms with Crippen LogP contribution in [-0.4, -0.2) is 63.6 Å². The quantitative estimate of drug-likeness (QED) is 0.782. The van der Waals surface area contributed by atoms with E-state index in [1.54, 1.807) is 4.31 Å². The number of rotatable bonds is 5. The number of nitrogens with one attached hydrogen (secondary N) is 1. The molecule has 0 aromatic heterocycles. The van der Waals surface area contributed by atoms with Gasteiger partial charge in [0.15, 0.2) is 0 Å². The Labute approximate surface area is 128 Å². The molecule has 2 rings (SSSR count). The lowest BCUT2D eigenvalue weighted by Gasteiger charge is -2.33. The van der Waals surface area contributed by atoms with Crippen molar-refractivity contribution in [3.8, 4) is 0 Å². The zero-order valence-corrected chi connectivity index (χ0v) is 14.3. The van der Waals surface area contributed by atoms with E-state index in [9.17, 15) is 16.8 Å². The van der Waals surface area contributed by atoms with Crippen LogP contribution in [0.5, 0.6) is 0 Å². The van der Waals surface area contributed by atoms with Crippen molar-refractivity contribution >= 4 is 19.9 Å². The fourth-order valence-corrected chi connectivity index (χ4v) is 6.91. The van der Waals surface area contributed by atoms with E-state index in [4.69, 9.17) is 0 Å². The van der Waals surface area contributed by atoms with Gasteiger partial charge in [-0.3, -0.25) is 0 Å². The molecule has 2 saturated heterocycles. The largest absolute Gasteiger partial charge is 0.313 e. The van der Waals surface area contributed by atoms with Crippen LogP contribution < -0.4 is 5.32 Å². The van der Waals surface area contributed by atoms with Gasteiger partial charge in [0.1, 0.15) is 9.84 Å². The fraction of sp³-hybridized carbons (Fsp3) is 1.00. The van der Waals surface area contributed by atoms with Crippen molar-refractivity contribution in [2.24, 2.45) is 0 Å². The van der Waals surface area contributed by atoms with Gasteiger partial charge < -0.3 is 5.32 Å². The zero-order chi connectivity index (χ0) is 15.5. The van der Waals surface area contributed by atoms with Gasteiger partial charge in [-0.1, -0.05) is 13.3 Å². The van der Waals surface area contributed by atoms with Crippen molar-refractivity contribution in [2.45, 2.75) is 50.3 Å². The van der Waals surface area contributed by atoms with Gasteiger partial charge in [0.05, 0.1) is 16.8 Å². The third-order valence-electron chi connectivity index (χ3n) is 4.47. The first-order chi connectivity index (χ1) is 9.85. The molecule has 0 bridgehead atoms. The normalized spacial score (nSPS) is 27.8. The first kappa shape index (κ1) is 17.2. The Kier molecular flexibility index (Phi) is 5.67. The molecule has 2 aliphatic heterocycles. The highest BCUT2D eigenvalue weighted by atomic mass is 32.2. The van der Waals surface area contributed by atoms with E-state index >= 15 is 0 Å². The van der Waals surface area contributed by atoms with Crippen molar-refractivity contribution in [3.63, 3.8) is 0 Å². The molecule has 124 valence electrons. The maximum absolute atomic E-state index is 12.7. The second-order valence-electron chi connectivity index (χ2n) is 5.99. The predicted octanol–water partition coefficient (Wildman–Crippen LogP) is 0.357. The molecule has 0 aromatic rings. The molecule has 0 spiro atoms.